The van der Waals surface area contributed by atoms with Gasteiger partial charge in [0.1, 0.15) is 0 Å². The Morgan fingerprint density at radius 2 is 1.58 bits per heavy atom. The molecule has 112 valence electrons. The van der Waals surface area contributed by atoms with Gasteiger partial charge in [-0.3, -0.25) is 0 Å². The number of hydrogen-bond acceptors (Lipinski definition) is 3. The van der Waals surface area contributed by atoms with Gasteiger partial charge in [-0.2, -0.15) is 17.0 Å². The minimum absolute atomic E-state index is 0.171. The summed E-state index contributed by atoms with van der Waals surface area (Å²) in [5.74, 6) is 0. The van der Waals surface area contributed by atoms with Crippen molar-refractivity contribution < 1.29 is 8.42 Å². The van der Waals surface area contributed by atoms with Crippen molar-refractivity contribution in [2.75, 3.05) is 26.2 Å². The van der Waals surface area contributed by atoms with E-state index in [9.17, 15) is 8.42 Å². The Bertz CT molecular complexity index is 360. The lowest BCUT2D eigenvalue weighted by Gasteiger charge is -2.37. The van der Waals surface area contributed by atoms with E-state index in [0.717, 1.165) is 44.9 Å². The van der Waals surface area contributed by atoms with Crippen LogP contribution in [0.5, 0.6) is 0 Å². The average molecular weight is 289 g/mol. The summed E-state index contributed by atoms with van der Waals surface area (Å²) in [5, 5.41) is 0. The highest BCUT2D eigenvalue weighted by Crippen LogP contribution is 2.26. The van der Waals surface area contributed by atoms with Crippen LogP contribution in [0.2, 0.25) is 0 Å². The molecule has 5 nitrogen and oxygen atoms in total. The summed E-state index contributed by atoms with van der Waals surface area (Å²) in [4.78, 5) is 0. The second-order valence-corrected chi connectivity index (χ2v) is 7.54. The molecule has 0 bridgehead atoms. The van der Waals surface area contributed by atoms with E-state index in [1.54, 1.807) is 8.61 Å². The molecule has 0 unspecified atom stereocenters. The molecule has 1 heterocycles. The third-order valence-corrected chi connectivity index (χ3v) is 6.36. The highest BCUT2D eigenvalue weighted by molar-refractivity contribution is 7.86. The fourth-order valence-corrected chi connectivity index (χ4v) is 5.17. The molecular formula is C13H27N3O2S. The topological polar surface area (TPSA) is 66.6 Å². The first-order valence-electron chi connectivity index (χ1n) is 7.63. The molecule has 1 aliphatic heterocycles. The van der Waals surface area contributed by atoms with E-state index < -0.39 is 10.2 Å². The summed E-state index contributed by atoms with van der Waals surface area (Å²) < 4.78 is 28.9. The number of piperidine rings is 1. The van der Waals surface area contributed by atoms with E-state index in [1.807, 2.05) is 0 Å². The van der Waals surface area contributed by atoms with Crippen LogP contribution in [0.3, 0.4) is 0 Å². The lowest BCUT2D eigenvalue weighted by Crippen LogP contribution is -2.52. The molecule has 2 rings (SSSR count). The summed E-state index contributed by atoms with van der Waals surface area (Å²) in [6, 6.07) is 0.171. The van der Waals surface area contributed by atoms with Crippen LogP contribution in [0.1, 0.15) is 51.4 Å². The summed E-state index contributed by atoms with van der Waals surface area (Å²) >= 11 is 0. The monoisotopic (exact) mass is 289 g/mol. The molecule has 0 atom stereocenters. The SMILES string of the molecule is NCCN(C1CCCCC1)S(=O)(=O)N1CCCCC1. The van der Waals surface area contributed by atoms with Gasteiger partial charge in [0, 0.05) is 32.2 Å². The second kappa shape index (κ2) is 7.02. The van der Waals surface area contributed by atoms with Gasteiger partial charge in [0.05, 0.1) is 0 Å². The van der Waals surface area contributed by atoms with Gasteiger partial charge in [0.25, 0.3) is 10.2 Å². The summed E-state index contributed by atoms with van der Waals surface area (Å²) in [6.07, 6.45) is 8.62. The summed E-state index contributed by atoms with van der Waals surface area (Å²) in [7, 11) is -3.30. The summed E-state index contributed by atoms with van der Waals surface area (Å²) in [6.45, 7) is 2.22. The predicted octanol–water partition coefficient (Wildman–Crippen LogP) is 1.31. The number of nitrogens with zero attached hydrogens (tertiary/aromatic N) is 2. The average Bonchev–Trinajstić information content (AvgIpc) is 2.46. The number of rotatable bonds is 5. The Morgan fingerprint density at radius 1 is 1.00 bits per heavy atom. The van der Waals surface area contributed by atoms with Crippen LogP contribution in [-0.4, -0.2) is 49.2 Å². The molecular weight excluding hydrogens is 262 g/mol. The molecule has 6 heteroatoms. The highest BCUT2D eigenvalue weighted by atomic mass is 32.2. The lowest BCUT2D eigenvalue weighted by atomic mass is 9.95. The minimum Gasteiger partial charge on any atom is -0.329 e. The van der Waals surface area contributed by atoms with E-state index in [-0.39, 0.29) is 6.04 Å². The predicted molar refractivity (Wildman–Crippen MR) is 77.0 cm³/mol. The van der Waals surface area contributed by atoms with E-state index in [4.69, 9.17) is 5.73 Å². The van der Waals surface area contributed by atoms with Gasteiger partial charge >= 0.3 is 0 Å². The Hall–Kier alpha value is -0.170. The molecule has 2 fully saturated rings. The van der Waals surface area contributed by atoms with Gasteiger partial charge in [-0.1, -0.05) is 25.7 Å². The Balaban J connectivity index is 2.11. The third-order valence-electron chi connectivity index (χ3n) is 4.27. The maximum Gasteiger partial charge on any atom is 0.282 e. The molecule has 0 amide bonds. The molecule has 0 aromatic carbocycles. The second-order valence-electron chi connectivity index (χ2n) is 5.66. The maximum absolute atomic E-state index is 12.8. The first kappa shape index (κ1) is 15.2. The van der Waals surface area contributed by atoms with E-state index >= 15 is 0 Å². The number of hydrogen-bond donors (Lipinski definition) is 1. The van der Waals surface area contributed by atoms with Crippen molar-refractivity contribution in [1.29, 1.82) is 0 Å². The summed E-state index contributed by atoms with van der Waals surface area (Å²) in [5.41, 5.74) is 5.64. The molecule has 1 aliphatic carbocycles. The van der Waals surface area contributed by atoms with Crippen LogP contribution in [-0.2, 0) is 10.2 Å². The fourth-order valence-electron chi connectivity index (χ4n) is 3.23. The molecule has 2 N–H and O–H groups in total. The molecule has 1 saturated carbocycles. The lowest BCUT2D eigenvalue weighted by molar-refractivity contribution is 0.229. The Morgan fingerprint density at radius 3 is 2.16 bits per heavy atom. The molecule has 0 aromatic rings. The molecule has 2 aliphatic rings. The first-order valence-corrected chi connectivity index (χ1v) is 9.03. The van der Waals surface area contributed by atoms with Crippen molar-refractivity contribution >= 4 is 10.2 Å². The Labute approximate surface area is 117 Å². The van der Waals surface area contributed by atoms with Crippen LogP contribution in [0.15, 0.2) is 0 Å². The van der Waals surface area contributed by atoms with Crippen LogP contribution in [0, 0.1) is 0 Å². The van der Waals surface area contributed by atoms with Crippen molar-refractivity contribution in [3.63, 3.8) is 0 Å². The van der Waals surface area contributed by atoms with Gasteiger partial charge in [-0.05, 0) is 25.7 Å². The van der Waals surface area contributed by atoms with E-state index in [2.05, 4.69) is 0 Å². The zero-order chi connectivity index (χ0) is 13.7. The van der Waals surface area contributed by atoms with Gasteiger partial charge in [0.15, 0.2) is 0 Å². The third kappa shape index (κ3) is 3.68. The van der Waals surface area contributed by atoms with Crippen LogP contribution >= 0.6 is 0 Å². The largest absolute Gasteiger partial charge is 0.329 e. The van der Waals surface area contributed by atoms with Crippen molar-refractivity contribution in [2.24, 2.45) is 5.73 Å². The fraction of sp³-hybridized carbons (Fsp3) is 1.00. The van der Waals surface area contributed by atoms with Crippen molar-refractivity contribution in [3.8, 4) is 0 Å². The normalized spacial score (nSPS) is 23.9. The zero-order valence-corrected chi connectivity index (χ0v) is 12.6. The highest BCUT2D eigenvalue weighted by Gasteiger charge is 2.35. The van der Waals surface area contributed by atoms with Crippen LogP contribution in [0.4, 0.5) is 0 Å². The maximum atomic E-state index is 12.8. The van der Waals surface area contributed by atoms with Gasteiger partial charge in [-0.15, -0.1) is 0 Å². The van der Waals surface area contributed by atoms with Crippen molar-refractivity contribution in [3.05, 3.63) is 0 Å². The smallest absolute Gasteiger partial charge is 0.282 e. The van der Waals surface area contributed by atoms with E-state index in [1.165, 1.54) is 6.42 Å². The van der Waals surface area contributed by atoms with Crippen molar-refractivity contribution in [1.82, 2.24) is 8.61 Å². The molecule has 0 radical (unpaired) electrons. The molecule has 1 saturated heterocycles. The van der Waals surface area contributed by atoms with E-state index in [0.29, 0.717) is 26.2 Å². The minimum atomic E-state index is -3.30. The zero-order valence-electron chi connectivity index (χ0n) is 11.8. The standard InChI is InChI=1S/C13H27N3O2S/c14-9-12-16(13-7-3-1-4-8-13)19(17,18)15-10-5-2-6-11-15/h13H,1-12,14H2. The van der Waals surface area contributed by atoms with Gasteiger partial charge in [0.2, 0.25) is 0 Å². The first-order chi connectivity index (χ1) is 9.16. The van der Waals surface area contributed by atoms with Crippen LogP contribution < -0.4 is 5.73 Å². The quantitative estimate of drug-likeness (QED) is 0.830. The molecule has 0 spiro atoms. The molecule has 0 aromatic heterocycles. The van der Waals surface area contributed by atoms with Crippen LogP contribution in [0.25, 0.3) is 0 Å². The number of nitrogens with two attached hydrogens (primary N) is 1. The molecule has 19 heavy (non-hydrogen) atoms. The van der Waals surface area contributed by atoms with Crippen molar-refractivity contribution in [2.45, 2.75) is 57.4 Å². The van der Waals surface area contributed by atoms with Gasteiger partial charge < -0.3 is 5.73 Å². The Kier molecular flexibility index (Phi) is 5.62. The van der Waals surface area contributed by atoms with Gasteiger partial charge in [-0.25, -0.2) is 0 Å².